The van der Waals surface area contributed by atoms with Gasteiger partial charge in [-0.15, -0.1) is 0 Å². The average Bonchev–Trinajstić information content (AvgIpc) is 2.56. The third kappa shape index (κ3) is 2.01. The lowest BCUT2D eigenvalue weighted by Gasteiger charge is -2.03. The van der Waals surface area contributed by atoms with Crippen molar-refractivity contribution in [1.29, 1.82) is 0 Å². The Labute approximate surface area is 103 Å². The van der Waals surface area contributed by atoms with Gasteiger partial charge < -0.3 is 5.11 Å². The Morgan fingerprint density at radius 2 is 2.18 bits per heavy atom. The summed E-state index contributed by atoms with van der Waals surface area (Å²) in [5, 5.41) is 13.0. The van der Waals surface area contributed by atoms with Gasteiger partial charge in [-0.1, -0.05) is 11.6 Å². The topological polar surface area (TPSA) is 68.0 Å². The van der Waals surface area contributed by atoms with E-state index in [1.54, 1.807) is 13.1 Å². The SMILES string of the molecule is Cc1ccnc(-n2nc(C(=O)O)c(Cl)c2C)c1. The lowest BCUT2D eigenvalue weighted by molar-refractivity contribution is 0.0690. The predicted molar refractivity (Wildman–Crippen MR) is 62.8 cm³/mol. The molecule has 0 amide bonds. The largest absolute Gasteiger partial charge is 0.476 e. The quantitative estimate of drug-likeness (QED) is 0.889. The minimum absolute atomic E-state index is 0.140. The van der Waals surface area contributed by atoms with Crippen LogP contribution in [0.4, 0.5) is 0 Å². The Morgan fingerprint density at radius 3 is 2.71 bits per heavy atom. The number of carboxylic acids is 1. The Bertz CT molecular complexity index is 592. The van der Waals surface area contributed by atoms with E-state index in [1.807, 2.05) is 19.1 Å². The molecule has 0 radical (unpaired) electrons. The molecular formula is C11H10ClN3O2. The van der Waals surface area contributed by atoms with Crippen molar-refractivity contribution in [2.24, 2.45) is 0 Å². The number of halogens is 1. The maximum Gasteiger partial charge on any atom is 0.358 e. The van der Waals surface area contributed by atoms with Gasteiger partial charge in [0.25, 0.3) is 0 Å². The van der Waals surface area contributed by atoms with Gasteiger partial charge in [0.2, 0.25) is 0 Å². The first kappa shape index (κ1) is 11.6. The Balaban J connectivity index is 2.61. The van der Waals surface area contributed by atoms with Gasteiger partial charge >= 0.3 is 5.97 Å². The number of aryl methyl sites for hydroxylation is 1. The molecule has 0 aliphatic rings. The Morgan fingerprint density at radius 1 is 1.47 bits per heavy atom. The molecule has 2 aromatic rings. The van der Waals surface area contributed by atoms with Gasteiger partial charge in [-0.05, 0) is 31.5 Å². The van der Waals surface area contributed by atoms with Crippen LogP contribution in [0, 0.1) is 13.8 Å². The fraction of sp³-hybridized carbons (Fsp3) is 0.182. The first-order valence-corrected chi connectivity index (χ1v) is 5.30. The molecule has 17 heavy (non-hydrogen) atoms. The Hall–Kier alpha value is -1.88. The number of hydrogen-bond donors (Lipinski definition) is 1. The molecule has 0 spiro atoms. The molecule has 0 unspecified atom stereocenters. The molecule has 0 bridgehead atoms. The maximum absolute atomic E-state index is 10.9. The van der Waals surface area contributed by atoms with E-state index in [2.05, 4.69) is 10.1 Å². The van der Waals surface area contributed by atoms with E-state index in [0.29, 0.717) is 11.5 Å². The number of carboxylic acid groups (broad SMARTS) is 1. The van der Waals surface area contributed by atoms with Crippen molar-refractivity contribution in [1.82, 2.24) is 14.8 Å². The smallest absolute Gasteiger partial charge is 0.358 e. The van der Waals surface area contributed by atoms with Crippen LogP contribution in [0.2, 0.25) is 5.02 Å². The van der Waals surface area contributed by atoms with Crippen LogP contribution in [0.5, 0.6) is 0 Å². The van der Waals surface area contributed by atoms with E-state index < -0.39 is 5.97 Å². The number of aromatic nitrogens is 3. The van der Waals surface area contributed by atoms with Crippen molar-refractivity contribution >= 4 is 17.6 Å². The van der Waals surface area contributed by atoms with E-state index in [4.69, 9.17) is 16.7 Å². The van der Waals surface area contributed by atoms with Crippen LogP contribution < -0.4 is 0 Å². The number of aromatic carboxylic acids is 1. The molecule has 2 rings (SSSR count). The molecule has 6 heteroatoms. The van der Waals surface area contributed by atoms with Crippen LogP contribution in [0.3, 0.4) is 0 Å². The molecule has 0 aliphatic carbocycles. The molecule has 1 N–H and O–H groups in total. The number of nitrogens with zero attached hydrogens (tertiary/aromatic N) is 3. The molecular weight excluding hydrogens is 242 g/mol. The number of pyridine rings is 1. The van der Waals surface area contributed by atoms with Crippen molar-refractivity contribution < 1.29 is 9.90 Å². The molecule has 88 valence electrons. The molecule has 0 aromatic carbocycles. The van der Waals surface area contributed by atoms with Crippen LogP contribution in [-0.4, -0.2) is 25.8 Å². The van der Waals surface area contributed by atoms with E-state index in [9.17, 15) is 4.79 Å². The van der Waals surface area contributed by atoms with Crippen LogP contribution in [0.1, 0.15) is 21.7 Å². The summed E-state index contributed by atoms with van der Waals surface area (Å²) in [7, 11) is 0. The van der Waals surface area contributed by atoms with Gasteiger partial charge in [-0.3, -0.25) is 0 Å². The third-order valence-electron chi connectivity index (χ3n) is 2.36. The second kappa shape index (κ2) is 4.18. The van der Waals surface area contributed by atoms with Crippen LogP contribution >= 0.6 is 11.6 Å². The first-order chi connectivity index (χ1) is 8.00. The zero-order chi connectivity index (χ0) is 12.6. The molecule has 0 fully saturated rings. The summed E-state index contributed by atoms with van der Waals surface area (Å²) in [6.45, 7) is 3.62. The summed E-state index contributed by atoms with van der Waals surface area (Å²) in [5.74, 6) is -0.596. The number of hydrogen-bond acceptors (Lipinski definition) is 3. The molecule has 5 nitrogen and oxygen atoms in total. The zero-order valence-electron chi connectivity index (χ0n) is 9.31. The van der Waals surface area contributed by atoms with Crippen molar-refractivity contribution in [3.63, 3.8) is 0 Å². The summed E-state index contributed by atoms with van der Waals surface area (Å²) < 4.78 is 1.43. The van der Waals surface area contributed by atoms with Crippen LogP contribution in [0.25, 0.3) is 5.82 Å². The van der Waals surface area contributed by atoms with Crippen molar-refractivity contribution in [3.8, 4) is 5.82 Å². The number of carbonyl (C=O) groups is 1. The molecule has 2 heterocycles. The normalized spacial score (nSPS) is 10.5. The van der Waals surface area contributed by atoms with Gasteiger partial charge in [0.05, 0.1) is 10.7 Å². The highest BCUT2D eigenvalue weighted by atomic mass is 35.5. The fourth-order valence-electron chi connectivity index (χ4n) is 1.48. The summed E-state index contributed by atoms with van der Waals surface area (Å²) in [4.78, 5) is 15.0. The third-order valence-corrected chi connectivity index (χ3v) is 2.82. The highest BCUT2D eigenvalue weighted by Crippen LogP contribution is 2.22. The van der Waals surface area contributed by atoms with Gasteiger partial charge in [0.15, 0.2) is 11.5 Å². The Kier molecular flexibility index (Phi) is 2.85. The minimum atomic E-state index is -1.15. The molecule has 0 atom stereocenters. The number of rotatable bonds is 2. The summed E-state index contributed by atoms with van der Waals surface area (Å²) in [5.41, 5.74) is 1.41. The predicted octanol–water partition coefficient (Wildman–Crippen LogP) is 2.24. The zero-order valence-corrected chi connectivity index (χ0v) is 10.1. The minimum Gasteiger partial charge on any atom is -0.476 e. The van der Waals surface area contributed by atoms with Crippen LogP contribution in [0.15, 0.2) is 18.3 Å². The van der Waals surface area contributed by atoms with Crippen molar-refractivity contribution in [3.05, 3.63) is 40.3 Å². The standard InChI is InChI=1S/C11H10ClN3O2/c1-6-3-4-13-8(5-6)15-7(2)9(12)10(14-15)11(16)17/h3-5H,1-2H3,(H,16,17). The molecule has 0 saturated carbocycles. The first-order valence-electron chi connectivity index (χ1n) is 4.92. The van der Waals surface area contributed by atoms with Crippen molar-refractivity contribution in [2.45, 2.75) is 13.8 Å². The molecule has 0 aliphatic heterocycles. The lowest BCUT2D eigenvalue weighted by atomic mass is 10.3. The summed E-state index contributed by atoms with van der Waals surface area (Å²) in [6.07, 6.45) is 1.64. The second-order valence-corrected chi connectivity index (χ2v) is 4.03. The second-order valence-electron chi connectivity index (χ2n) is 3.66. The maximum atomic E-state index is 10.9. The lowest BCUT2D eigenvalue weighted by Crippen LogP contribution is -2.04. The monoisotopic (exact) mass is 251 g/mol. The highest BCUT2D eigenvalue weighted by Gasteiger charge is 2.19. The van der Waals surface area contributed by atoms with E-state index in [1.165, 1.54) is 4.68 Å². The highest BCUT2D eigenvalue weighted by molar-refractivity contribution is 6.33. The fourth-order valence-corrected chi connectivity index (χ4v) is 1.68. The van der Waals surface area contributed by atoms with E-state index in [0.717, 1.165) is 5.56 Å². The van der Waals surface area contributed by atoms with E-state index >= 15 is 0 Å². The van der Waals surface area contributed by atoms with Gasteiger partial charge in [0.1, 0.15) is 0 Å². The molecule has 2 aromatic heterocycles. The van der Waals surface area contributed by atoms with Gasteiger partial charge in [0, 0.05) is 6.20 Å². The van der Waals surface area contributed by atoms with Gasteiger partial charge in [-0.25, -0.2) is 14.5 Å². The van der Waals surface area contributed by atoms with Crippen molar-refractivity contribution in [2.75, 3.05) is 0 Å². The molecule has 0 saturated heterocycles. The summed E-state index contributed by atoms with van der Waals surface area (Å²) in [6, 6.07) is 3.66. The van der Waals surface area contributed by atoms with E-state index in [-0.39, 0.29) is 10.7 Å². The van der Waals surface area contributed by atoms with Gasteiger partial charge in [-0.2, -0.15) is 5.10 Å². The van der Waals surface area contributed by atoms with Crippen LogP contribution in [-0.2, 0) is 0 Å². The summed E-state index contributed by atoms with van der Waals surface area (Å²) >= 11 is 5.91. The average molecular weight is 252 g/mol.